The molecule has 0 unspecified atom stereocenters. The number of fused-ring (bicyclic) bond motifs is 1. The fraction of sp³-hybridized carbons (Fsp3) is 0.250. The molecule has 0 amide bonds. The molecule has 12 heteroatoms. The van der Waals surface area contributed by atoms with Crippen molar-refractivity contribution in [1.82, 2.24) is 9.97 Å². The maximum atomic E-state index is 14.2. The molecule has 1 aliphatic rings. The number of hydrogen-bond donors (Lipinski definition) is 2. The summed E-state index contributed by atoms with van der Waals surface area (Å²) in [7, 11) is 3.02. The highest BCUT2D eigenvalue weighted by Gasteiger charge is 2.25. The Morgan fingerprint density at radius 2 is 1.70 bits per heavy atom. The summed E-state index contributed by atoms with van der Waals surface area (Å²) in [5, 5.41) is 12.1. The Labute approximate surface area is 227 Å². The van der Waals surface area contributed by atoms with Crippen molar-refractivity contribution >= 4 is 22.9 Å². The highest BCUT2D eigenvalue weighted by Crippen LogP contribution is 2.38. The van der Waals surface area contributed by atoms with Gasteiger partial charge in [-0.3, -0.25) is 9.78 Å². The smallest absolute Gasteiger partial charge is 0.227 e. The van der Waals surface area contributed by atoms with E-state index in [4.69, 9.17) is 24.1 Å². The van der Waals surface area contributed by atoms with Crippen LogP contribution in [0.25, 0.3) is 10.9 Å². The number of aliphatic hydroxyl groups excluding tert-OH is 1. The number of nitrogens with one attached hydrogen (secondary N) is 1. The van der Waals surface area contributed by atoms with Gasteiger partial charge in [0.05, 0.1) is 25.3 Å². The van der Waals surface area contributed by atoms with E-state index in [0.29, 0.717) is 40.1 Å². The Morgan fingerprint density at radius 3 is 2.33 bits per heavy atom. The Balaban J connectivity index is 0.000000236. The third-order valence-electron chi connectivity index (χ3n) is 5.67. The number of hydrogen-bond acceptors (Lipinski definition) is 9. The molecule has 1 fully saturated rings. The van der Waals surface area contributed by atoms with Crippen molar-refractivity contribution in [3.63, 3.8) is 0 Å². The van der Waals surface area contributed by atoms with Gasteiger partial charge in [0, 0.05) is 48.7 Å². The number of pyridine rings is 2. The fourth-order valence-electron chi connectivity index (χ4n) is 3.56. The van der Waals surface area contributed by atoms with Gasteiger partial charge in [0.1, 0.15) is 23.7 Å². The molecular weight excluding hydrogens is 531 g/mol. The van der Waals surface area contributed by atoms with Gasteiger partial charge in [0.25, 0.3) is 0 Å². The number of nitrogens with zero attached hydrogens (tertiary/aromatic N) is 2. The van der Waals surface area contributed by atoms with Crippen LogP contribution < -0.4 is 24.3 Å². The van der Waals surface area contributed by atoms with E-state index in [1.54, 1.807) is 19.2 Å². The highest BCUT2D eigenvalue weighted by molar-refractivity contribution is 5.88. The van der Waals surface area contributed by atoms with Crippen LogP contribution in [0.5, 0.6) is 28.7 Å². The lowest BCUT2D eigenvalue weighted by molar-refractivity contribution is 0.111. The predicted molar refractivity (Wildman–Crippen MR) is 140 cm³/mol. The summed E-state index contributed by atoms with van der Waals surface area (Å²) >= 11 is 0. The number of aldehydes is 1. The average molecular weight is 558 g/mol. The molecule has 210 valence electrons. The zero-order valence-corrected chi connectivity index (χ0v) is 21.6. The summed E-state index contributed by atoms with van der Waals surface area (Å²) in [4.78, 5) is 18.1. The van der Waals surface area contributed by atoms with E-state index in [1.165, 1.54) is 31.6 Å². The first-order valence-corrected chi connectivity index (χ1v) is 12.2. The minimum Gasteiger partial charge on any atom is -0.493 e. The molecule has 0 spiro atoms. The molecule has 4 aromatic rings. The second-order valence-corrected chi connectivity index (χ2v) is 8.47. The molecule has 1 aliphatic carbocycles. The van der Waals surface area contributed by atoms with Crippen LogP contribution in [0.4, 0.5) is 18.9 Å². The lowest BCUT2D eigenvalue weighted by Gasteiger charge is -2.14. The summed E-state index contributed by atoms with van der Waals surface area (Å²) < 4.78 is 62.9. The summed E-state index contributed by atoms with van der Waals surface area (Å²) in [5.41, 5.74) is 0.688. The first-order valence-electron chi connectivity index (χ1n) is 12.2. The van der Waals surface area contributed by atoms with Crippen LogP contribution in [0.15, 0.2) is 48.8 Å². The second kappa shape index (κ2) is 13.0. The van der Waals surface area contributed by atoms with Gasteiger partial charge >= 0.3 is 0 Å². The topological polar surface area (TPSA) is 112 Å². The Kier molecular flexibility index (Phi) is 9.23. The molecule has 2 aromatic carbocycles. The van der Waals surface area contributed by atoms with E-state index >= 15 is 0 Å². The number of aromatic nitrogens is 2. The number of methoxy groups -OCH3 is 1. The van der Waals surface area contributed by atoms with Crippen LogP contribution in [0.1, 0.15) is 23.2 Å². The lowest BCUT2D eigenvalue weighted by Crippen LogP contribution is -2.03. The normalized spacial score (nSPS) is 12.2. The number of benzene rings is 2. The predicted octanol–water partition coefficient (Wildman–Crippen LogP) is 5.30. The molecule has 2 heterocycles. The van der Waals surface area contributed by atoms with E-state index in [9.17, 15) is 18.0 Å². The largest absolute Gasteiger partial charge is 0.493 e. The van der Waals surface area contributed by atoms with E-state index in [-0.39, 0.29) is 30.6 Å². The molecule has 2 N–H and O–H groups in total. The number of rotatable bonds is 10. The minimum atomic E-state index is -0.834. The number of ether oxygens (including phenoxy) is 4. The summed E-state index contributed by atoms with van der Waals surface area (Å²) in [6, 6.07) is 8.49. The quantitative estimate of drug-likeness (QED) is 0.198. The van der Waals surface area contributed by atoms with Crippen molar-refractivity contribution < 1.29 is 42.0 Å². The lowest BCUT2D eigenvalue weighted by atomic mass is 10.1. The molecule has 5 rings (SSSR count). The van der Waals surface area contributed by atoms with Crippen molar-refractivity contribution in [2.24, 2.45) is 0 Å². The SMILES string of the molecule is CNc1cc(F)c(Oc2ccnc3cc(OCCO)c(OC)cc23)c(F)c1.O=Cc1c(OC2CC2)ccnc1F. The molecule has 2 aromatic heterocycles. The second-order valence-electron chi connectivity index (χ2n) is 8.47. The Hall–Kier alpha value is -4.58. The van der Waals surface area contributed by atoms with Gasteiger partial charge in [-0.15, -0.1) is 0 Å². The van der Waals surface area contributed by atoms with Gasteiger partial charge in [-0.05, 0) is 31.0 Å². The monoisotopic (exact) mass is 557 g/mol. The standard InChI is InChI=1S/C19H18F2N2O4.C9H8FNO2/c1-22-11-7-13(20)19(14(21)8-11)27-16-3-4-23-15-10-18(26-6-5-24)17(25-2)9-12(15)16;10-9-7(5-12)8(3-4-11-9)13-6-1-2-6/h3-4,7-10,22,24H,5-6H2,1-2H3;3-6H,1-2H2. The van der Waals surface area contributed by atoms with E-state index in [0.717, 1.165) is 25.0 Å². The van der Waals surface area contributed by atoms with Crippen LogP contribution in [-0.4, -0.2) is 54.8 Å². The minimum absolute atomic E-state index is 0.0885. The molecule has 0 radical (unpaired) electrons. The Bertz CT molecular complexity index is 1480. The van der Waals surface area contributed by atoms with Gasteiger partial charge in [-0.1, -0.05) is 0 Å². The van der Waals surface area contributed by atoms with Crippen LogP contribution in [0, 0.1) is 17.6 Å². The number of carbonyl (C=O) groups excluding carboxylic acids is 1. The van der Waals surface area contributed by atoms with Crippen molar-refractivity contribution in [3.05, 3.63) is 71.9 Å². The van der Waals surface area contributed by atoms with Crippen LogP contribution in [-0.2, 0) is 0 Å². The third-order valence-corrected chi connectivity index (χ3v) is 5.67. The van der Waals surface area contributed by atoms with Gasteiger partial charge in [-0.2, -0.15) is 4.39 Å². The molecule has 1 saturated carbocycles. The summed E-state index contributed by atoms with van der Waals surface area (Å²) in [5.74, 6) is -1.68. The van der Waals surface area contributed by atoms with Crippen molar-refractivity contribution in [2.45, 2.75) is 18.9 Å². The molecular formula is C28H26F3N3O6. The van der Waals surface area contributed by atoms with Crippen LogP contribution in [0.2, 0.25) is 0 Å². The first-order chi connectivity index (χ1) is 19.4. The first kappa shape index (κ1) is 28.4. The zero-order valence-electron chi connectivity index (χ0n) is 21.6. The Morgan fingerprint density at radius 1 is 1.00 bits per heavy atom. The zero-order chi connectivity index (χ0) is 28.6. The average Bonchev–Trinajstić information content (AvgIpc) is 3.77. The summed E-state index contributed by atoms with van der Waals surface area (Å²) in [6.45, 7) is -0.0643. The van der Waals surface area contributed by atoms with Gasteiger partial charge in [0.15, 0.2) is 35.2 Å². The van der Waals surface area contributed by atoms with Crippen LogP contribution in [0.3, 0.4) is 0 Å². The molecule has 0 aliphatic heterocycles. The van der Waals surface area contributed by atoms with Crippen LogP contribution >= 0.6 is 0 Å². The maximum Gasteiger partial charge on any atom is 0.227 e. The van der Waals surface area contributed by atoms with Crippen molar-refractivity contribution in [1.29, 1.82) is 0 Å². The van der Waals surface area contributed by atoms with E-state index in [2.05, 4.69) is 15.3 Å². The number of halogens is 3. The van der Waals surface area contributed by atoms with Gasteiger partial charge in [-0.25, -0.2) is 13.8 Å². The van der Waals surface area contributed by atoms with Gasteiger partial charge in [0.2, 0.25) is 5.95 Å². The molecule has 0 saturated heterocycles. The molecule has 9 nitrogen and oxygen atoms in total. The van der Waals surface area contributed by atoms with E-state index < -0.39 is 23.3 Å². The maximum absolute atomic E-state index is 14.2. The van der Waals surface area contributed by atoms with E-state index in [1.807, 2.05) is 0 Å². The number of carbonyl (C=O) groups is 1. The number of aliphatic hydroxyl groups is 1. The summed E-state index contributed by atoms with van der Waals surface area (Å²) in [6.07, 6.45) is 5.28. The highest BCUT2D eigenvalue weighted by atomic mass is 19.1. The van der Waals surface area contributed by atoms with Crippen molar-refractivity contribution in [3.8, 4) is 28.7 Å². The fourth-order valence-corrected chi connectivity index (χ4v) is 3.56. The molecule has 40 heavy (non-hydrogen) atoms. The third kappa shape index (κ3) is 6.70. The molecule has 0 bridgehead atoms. The number of anilines is 1. The van der Waals surface area contributed by atoms with Gasteiger partial charge < -0.3 is 29.4 Å². The van der Waals surface area contributed by atoms with Crippen molar-refractivity contribution in [2.75, 3.05) is 32.7 Å². The molecule has 0 atom stereocenters.